The fraction of sp³-hybridized carbons (Fsp3) is 0.429. The summed E-state index contributed by atoms with van der Waals surface area (Å²) in [5.74, 6) is 1.23. The Morgan fingerprint density at radius 1 is 1.20 bits per heavy atom. The van der Waals surface area contributed by atoms with E-state index in [0.717, 1.165) is 30.2 Å². The largest absolute Gasteiger partial charge is 0.493 e. The number of halogens is 3. The summed E-state index contributed by atoms with van der Waals surface area (Å²) in [7, 11) is 1.49. The maximum Gasteiger partial charge on any atom is 0.282 e. The number of fused-ring (bicyclic) bond motifs is 1. The van der Waals surface area contributed by atoms with Gasteiger partial charge in [-0.05, 0) is 53.0 Å². The number of hydrogen-bond donors (Lipinski definition) is 0. The van der Waals surface area contributed by atoms with Gasteiger partial charge in [-0.25, -0.2) is 4.98 Å². The van der Waals surface area contributed by atoms with Crippen molar-refractivity contribution in [3.8, 4) is 11.5 Å². The van der Waals surface area contributed by atoms with Crippen LogP contribution >= 0.6 is 43.5 Å². The van der Waals surface area contributed by atoms with Crippen LogP contribution in [0.2, 0.25) is 5.02 Å². The van der Waals surface area contributed by atoms with Crippen molar-refractivity contribution < 1.29 is 19.0 Å². The normalized spacial score (nSPS) is 16.6. The highest BCUT2D eigenvalue weighted by Gasteiger charge is 2.24. The molecule has 40 heavy (non-hydrogen) atoms. The number of ether oxygens (including phenoxy) is 3. The topological polar surface area (TPSA) is 95.2 Å². The Morgan fingerprint density at radius 2 is 1.95 bits per heavy atom. The number of carbonyl (C=O) groups excluding carboxylic acids is 1. The summed E-state index contributed by atoms with van der Waals surface area (Å²) in [6.45, 7) is 1.87. The third-order valence-corrected chi connectivity index (χ3v) is 9.13. The van der Waals surface area contributed by atoms with Gasteiger partial charge in [0.15, 0.2) is 18.1 Å². The molecule has 212 valence electrons. The standard InChI is InChI=1S/C28H29Br2ClN4O5/c1-38-22-13-18(24(30)25(31)26(22)40-16-23(36)34-9-11-39-12-10-34)15-32-35-27(17-5-3-2-4-6-17)33-21-8-7-19(29)14-20(21)28(35)37/h7-8,13-15,17H,2-6,9-12,16H2,1H3. The number of rotatable bonds is 7. The van der Waals surface area contributed by atoms with E-state index in [1.165, 1.54) is 18.2 Å². The summed E-state index contributed by atoms with van der Waals surface area (Å²) in [6.07, 6.45) is 6.85. The third kappa shape index (κ3) is 6.22. The maximum absolute atomic E-state index is 13.6. The molecule has 2 heterocycles. The molecule has 9 nitrogen and oxygen atoms in total. The van der Waals surface area contributed by atoms with Gasteiger partial charge in [0.05, 0.1) is 37.4 Å². The van der Waals surface area contributed by atoms with Crippen molar-refractivity contribution >= 4 is 66.5 Å². The molecule has 3 aromatic rings. The minimum Gasteiger partial charge on any atom is -0.493 e. The van der Waals surface area contributed by atoms with Gasteiger partial charge >= 0.3 is 0 Å². The molecule has 0 atom stereocenters. The van der Waals surface area contributed by atoms with Gasteiger partial charge in [0, 0.05) is 33.5 Å². The first-order chi connectivity index (χ1) is 19.4. The Balaban J connectivity index is 1.48. The van der Waals surface area contributed by atoms with Crippen molar-refractivity contribution in [1.29, 1.82) is 0 Å². The quantitative estimate of drug-likeness (QED) is 0.292. The smallest absolute Gasteiger partial charge is 0.282 e. The van der Waals surface area contributed by atoms with Crippen LogP contribution < -0.4 is 15.0 Å². The molecule has 0 N–H and O–H groups in total. The summed E-state index contributed by atoms with van der Waals surface area (Å²) in [4.78, 5) is 32.8. The van der Waals surface area contributed by atoms with E-state index in [9.17, 15) is 9.59 Å². The average Bonchev–Trinajstić information content (AvgIpc) is 2.99. The molecule has 5 rings (SSSR count). The maximum atomic E-state index is 13.6. The van der Waals surface area contributed by atoms with Gasteiger partial charge in [-0.1, -0.05) is 46.8 Å². The number of morpholine rings is 1. The molecule has 0 spiro atoms. The molecule has 2 aliphatic rings. The Morgan fingerprint density at radius 3 is 2.67 bits per heavy atom. The highest BCUT2D eigenvalue weighted by atomic mass is 79.9. The van der Waals surface area contributed by atoms with Gasteiger partial charge in [0.25, 0.3) is 11.5 Å². The van der Waals surface area contributed by atoms with Crippen LogP contribution in [0.15, 0.2) is 43.1 Å². The molecule has 12 heteroatoms. The van der Waals surface area contributed by atoms with Crippen molar-refractivity contribution in [2.45, 2.75) is 38.0 Å². The van der Waals surface area contributed by atoms with Crippen LogP contribution in [-0.4, -0.2) is 66.7 Å². The minimum absolute atomic E-state index is 0.146. The summed E-state index contributed by atoms with van der Waals surface area (Å²) >= 11 is 13.7. The van der Waals surface area contributed by atoms with Gasteiger partial charge in [0.2, 0.25) is 0 Å². The Bertz CT molecular complexity index is 1500. The molecule has 1 saturated heterocycles. The molecule has 1 aliphatic heterocycles. The van der Waals surface area contributed by atoms with E-state index in [1.807, 2.05) is 12.1 Å². The first-order valence-electron chi connectivity index (χ1n) is 13.2. The van der Waals surface area contributed by atoms with Gasteiger partial charge < -0.3 is 19.1 Å². The lowest BCUT2D eigenvalue weighted by molar-refractivity contribution is -0.137. The molecule has 1 aliphatic carbocycles. The number of amides is 1. The number of nitrogens with zero attached hydrogens (tertiary/aromatic N) is 4. The monoisotopic (exact) mass is 694 g/mol. The summed E-state index contributed by atoms with van der Waals surface area (Å²) in [6, 6.07) is 7.20. The second-order valence-electron chi connectivity index (χ2n) is 9.73. The molecule has 1 saturated carbocycles. The van der Waals surface area contributed by atoms with E-state index in [-0.39, 0.29) is 34.8 Å². The Hall–Kier alpha value is -2.47. The van der Waals surface area contributed by atoms with E-state index in [2.05, 4.69) is 37.0 Å². The van der Waals surface area contributed by atoms with Crippen LogP contribution in [0.1, 0.15) is 49.4 Å². The lowest BCUT2D eigenvalue weighted by Crippen LogP contribution is -2.43. The number of aromatic nitrogens is 2. The van der Waals surface area contributed by atoms with Crippen LogP contribution in [0, 0.1) is 0 Å². The predicted molar refractivity (Wildman–Crippen MR) is 161 cm³/mol. The molecular formula is C28H29Br2ClN4O5. The molecule has 0 unspecified atom stereocenters. The first-order valence-corrected chi connectivity index (χ1v) is 15.1. The molecule has 2 aromatic carbocycles. The minimum atomic E-state index is -0.237. The second kappa shape index (κ2) is 13.0. The lowest BCUT2D eigenvalue weighted by Gasteiger charge is -2.27. The van der Waals surface area contributed by atoms with Crippen LogP contribution in [0.4, 0.5) is 0 Å². The summed E-state index contributed by atoms with van der Waals surface area (Å²) < 4.78 is 19.4. The predicted octanol–water partition coefficient (Wildman–Crippen LogP) is 5.75. The summed E-state index contributed by atoms with van der Waals surface area (Å²) in [5.41, 5.74) is 0.989. The summed E-state index contributed by atoms with van der Waals surface area (Å²) in [5, 5.41) is 5.33. The van der Waals surface area contributed by atoms with Crippen LogP contribution in [-0.2, 0) is 9.53 Å². The van der Waals surface area contributed by atoms with Crippen molar-refractivity contribution in [3.05, 3.63) is 60.0 Å². The molecule has 1 aromatic heterocycles. The van der Waals surface area contributed by atoms with Gasteiger partial charge in [-0.2, -0.15) is 9.78 Å². The van der Waals surface area contributed by atoms with E-state index in [0.29, 0.717) is 58.8 Å². The van der Waals surface area contributed by atoms with Gasteiger partial charge in [-0.15, -0.1) is 0 Å². The van der Waals surface area contributed by atoms with Crippen molar-refractivity contribution in [2.75, 3.05) is 40.0 Å². The van der Waals surface area contributed by atoms with Crippen molar-refractivity contribution in [1.82, 2.24) is 14.6 Å². The van der Waals surface area contributed by atoms with E-state index < -0.39 is 0 Å². The highest BCUT2D eigenvalue weighted by molar-refractivity contribution is 9.10. The number of carbonyl (C=O) groups is 1. The highest BCUT2D eigenvalue weighted by Crippen LogP contribution is 2.42. The van der Waals surface area contributed by atoms with Crippen molar-refractivity contribution in [3.63, 3.8) is 0 Å². The molecule has 0 radical (unpaired) electrons. The average molecular weight is 697 g/mol. The fourth-order valence-electron chi connectivity index (χ4n) is 5.05. The lowest BCUT2D eigenvalue weighted by atomic mass is 9.88. The van der Waals surface area contributed by atoms with Crippen molar-refractivity contribution in [2.24, 2.45) is 5.10 Å². The zero-order chi connectivity index (χ0) is 28.2. The van der Waals surface area contributed by atoms with E-state index in [4.69, 9.17) is 30.8 Å². The van der Waals surface area contributed by atoms with Gasteiger partial charge in [0.1, 0.15) is 10.8 Å². The third-order valence-electron chi connectivity index (χ3n) is 7.20. The number of benzene rings is 2. The number of hydrogen-bond acceptors (Lipinski definition) is 7. The molecular weight excluding hydrogens is 668 g/mol. The molecule has 0 bridgehead atoms. The zero-order valence-electron chi connectivity index (χ0n) is 22.0. The van der Waals surface area contributed by atoms with E-state index in [1.54, 1.807) is 23.2 Å². The fourth-order valence-corrected chi connectivity index (χ4v) is 6.06. The zero-order valence-corrected chi connectivity index (χ0v) is 25.9. The SMILES string of the molecule is COc1cc(C=Nn2c(C3CCCCC3)nc3ccc(Br)cc3c2=O)c(Br)c(Cl)c1OCC(=O)N1CCOCC1. The Kier molecular flexibility index (Phi) is 9.45. The number of methoxy groups -OCH3 is 1. The van der Waals surface area contributed by atoms with Crippen LogP contribution in [0.5, 0.6) is 11.5 Å². The first kappa shape index (κ1) is 29.0. The van der Waals surface area contributed by atoms with Crippen LogP contribution in [0.25, 0.3) is 10.9 Å². The Labute approximate surface area is 253 Å². The van der Waals surface area contributed by atoms with Crippen LogP contribution in [0.3, 0.4) is 0 Å². The molecule has 1 amide bonds. The van der Waals surface area contributed by atoms with E-state index >= 15 is 0 Å². The second-order valence-corrected chi connectivity index (χ2v) is 11.8. The van der Waals surface area contributed by atoms with Gasteiger partial charge in [-0.3, -0.25) is 9.59 Å². The molecule has 2 fully saturated rings.